The van der Waals surface area contributed by atoms with Crippen LogP contribution >= 0.6 is 11.6 Å². The van der Waals surface area contributed by atoms with Crippen molar-refractivity contribution in [1.29, 1.82) is 0 Å². The van der Waals surface area contributed by atoms with Crippen LogP contribution in [0.25, 0.3) is 0 Å². The summed E-state index contributed by atoms with van der Waals surface area (Å²) in [5.74, 6) is 0.682. The number of hydrogen-bond donors (Lipinski definition) is 1. The van der Waals surface area contributed by atoms with Crippen LogP contribution in [0.2, 0.25) is 5.02 Å². The van der Waals surface area contributed by atoms with Crippen molar-refractivity contribution in [3.63, 3.8) is 0 Å². The molecule has 1 aliphatic carbocycles. The van der Waals surface area contributed by atoms with Crippen LogP contribution in [0.5, 0.6) is 0 Å². The molecule has 4 nitrogen and oxygen atoms in total. The molecule has 0 bridgehead atoms. The third-order valence-corrected chi connectivity index (χ3v) is 5.41. The molecule has 2 fully saturated rings. The lowest BCUT2D eigenvalue weighted by atomic mass is 9.99. The third kappa shape index (κ3) is 4.46. The van der Waals surface area contributed by atoms with Gasteiger partial charge in [-0.1, -0.05) is 30.2 Å². The van der Waals surface area contributed by atoms with E-state index >= 15 is 0 Å². The van der Waals surface area contributed by atoms with Gasteiger partial charge in [-0.05, 0) is 36.5 Å². The standard InChI is InChI=1S/C18H26ClN3O/c19-16-5-1-3-14(11-16)13-21-7-9-22(10-8-21)18(23)12-15-4-2-6-17(15)20/h1,3,5,11,15,17H,2,4,6-10,12-13,20H2/t15-,17+/m0/s1. The predicted molar refractivity (Wildman–Crippen MR) is 93.2 cm³/mol. The topological polar surface area (TPSA) is 49.6 Å². The molecule has 1 heterocycles. The number of nitrogens with two attached hydrogens (primary N) is 1. The molecule has 3 rings (SSSR count). The number of carbonyl (C=O) groups is 1. The van der Waals surface area contributed by atoms with Crippen molar-refractivity contribution in [3.05, 3.63) is 34.9 Å². The van der Waals surface area contributed by atoms with Gasteiger partial charge in [-0.3, -0.25) is 9.69 Å². The van der Waals surface area contributed by atoms with Crippen LogP contribution in [0.3, 0.4) is 0 Å². The van der Waals surface area contributed by atoms with Crippen LogP contribution in [-0.2, 0) is 11.3 Å². The monoisotopic (exact) mass is 335 g/mol. The second-order valence-electron chi connectivity index (χ2n) is 6.85. The molecule has 2 aliphatic rings. The van der Waals surface area contributed by atoms with E-state index in [1.807, 2.05) is 23.1 Å². The van der Waals surface area contributed by atoms with Crippen LogP contribution in [-0.4, -0.2) is 47.9 Å². The van der Waals surface area contributed by atoms with Crippen LogP contribution in [0.15, 0.2) is 24.3 Å². The van der Waals surface area contributed by atoms with E-state index in [-0.39, 0.29) is 11.9 Å². The number of rotatable bonds is 4. The largest absolute Gasteiger partial charge is 0.340 e. The first kappa shape index (κ1) is 16.7. The Hall–Kier alpha value is -1.10. The minimum Gasteiger partial charge on any atom is -0.340 e. The lowest BCUT2D eigenvalue weighted by molar-refractivity contribution is -0.134. The average Bonchev–Trinajstić information content (AvgIpc) is 2.93. The Balaban J connectivity index is 1.45. The highest BCUT2D eigenvalue weighted by molar-refractivity contribution is 6.30. The maximum Gasteiger partial charge on any atom is 0.222 e. The van der Waals surface area contributed by atoms with Gasteiger partial charge in [0, 0.05) is 50.2 Å². The highest BCUT2D eigenvalue weighted by Gasteiger charge is 2.29. The summed E-state index contributed by atoms with van der Waals surface area (Å²) in [6, 6.07) is 8.23. The van der Waals surface area contributed by atoms with Gasteiger partial charge in [-0.15, -0.1) is 0 Å². The van der Waals surface area contributed by atoms with Crippen molar-refractivity contribution in [2.75, 3.05) is 26.2 Å². The van der Waals surface area contributed by atoms with Crippen LogP contribution in [0, 0.1) is 5.92 Å². The molecular formula is C18H26ClN3O. The van der Waals surface area contributed by atoms with Gasteiger partial charge in [-0.2, -0.15) is 0 Å². The van der Waals surface area contributed by atoms with E-state index < -0.39 is 0 Å². The van der Waals surface area contributed by atoms with Gasteiger partial charge >= 0.3 is 0 Å². The Morgan fingerprint density at radius 2 is 2.00 bits per heavy atom. The smallest absolute Gasteiger partial charge is 0.222 e. The Bertz CT molecular complexity index is 543. The van der Waals surface area contributed by atoms with E-state index in [0.29, 0.717) is 12.3 Å². The molecule has 1 aromatic rings. The molecule has 1 amide bonds. The number of hydrogen-bond acceptors (Lipinski definition) is 3. The molecule has 1 saturated carbocycles. The van der Waals surface area contributed by atoms with Gasteiger partial charge in [0.05, 0.1) is 0 Å². The maximum atomic E-state index is 12.4. The summed E-state index contributed by atoms with van der Waals surface area (Å²) in [6.45, 7) is 4.39. The molecule has 1 aromatic carbocycles. The molecule has 0 aromatic heterocycles. The Morgan fingerprint density at radius 3 is 2.65 bits per heavy atom. The Labute approximate surface area is 143 Å². The van der Waals surface area contributed by atoms with Crippen molar-refractivity contribution in [3.8, 4) is 0 Å². The molecule has 1 aliphatic heterocycles. The van der Waals surface area contributed by atoms with E-state index in [2.05, 4.69) is 11.0 Å². The van der Waals surface area contributed by atoms with Crippen molar-refractivity contribution < 1.29 is 4.79 Å². The van der Waals surface area contributed by atoms with Gasteiger partial charge in [0.15, 0.2) is 0 Å². The summed E-state index contributed by atoms with van der Waals surface area (Å²) >= 11 is 6.04. The number of carbonyl (C=O) groups excluding carboxylic acids is 1. The normalized spacial score (nSPS) is 25.7. The van der Waals surface area contributed by atoms with Gasteiger partial charge in [-0.25, -0.2) is 0 Å². The third-order valence-electron chi connectivity index (χ3n) is 5.17. The molecule has 0 unspecified atom stereocenters. The summed E-state index contributed by atoms with van der Waals surface area (Å²) in [4.78, 5) is 16.8. The summed E-state index contributed by atoms with van der Waals surface area (Å²) in [5, 5.41) is 0.782. The zero-order valence-corrected chi connectivity index (χ0v) is 14.3. The van der Waals surface area contributed by atoms with Crippen molar-refractivity contribution in [2.24, 2.45) is 11.7 Å². The lowest BCUT2D eigenvalue weighted by Gasteiger charge is -2.35. The van der Waals surface area contributed by atoms with E-state index in [0.717, 1.165) is 50.6 Å². The number of benzene rings is 1. The number of nitrogens with zero attached hydrogens (tertiary/aromatic N) is 2. The minimum atomic E-state index is 0.225. The van der Waals surface area contributed by atoms with Gasteiger partial charge in [0.1, 0.15) is 0 Å². The molecule has 1 saturated heterocycles. The van der Waals surface area contributed by atoms with Gasteiger partial charge < -0.3 is 10.6 Å². The summed E-state index contributed by atoms with van der Waals surface area (Å²) in [7, 11) is 0. The first-order valence-corrected chi connectivity index (χ1v) is 9.00. The van der Waals surface area contributed by atoms with Crippen molar-refractivity contribution >= 4 is 17.5 Å². The fourth-order valence-corrected chi connectivity index (χ4v) is 3.93. The second-order valence-corrected chi connectivity index (χ2v) is 7.28. The Kier molecular flexibility index (Phi) is 5.57. The summed E-state index contributed by atoms with van der Waals surface area (Å²) in [6.07, 6.45) is 4.00. The summed E-state index contributed by atoms with van der Waals surface area (Å²) < 4.78 is 0. The minimum absolute atomic E-state index is 0.225. The van der Waals surface area contributed by atoms with Crippen LogP contribution < -0.4 is 5.73 Å². The molecule has 2 N–H and O–H groups in total. The number of halogens is 1. The number of amides is 1. The number of piperazine rings is 1. The Morgan fingerprint density at radius 1 is 1.22 bits per heavy atom. The molecular weight excluding hydrogens is 310 g/mol. The molecule has 2 atom stereocenters. The SMILES string of the molecule is N[C@@H]1CCC[C@H]1CC(=O)N1CCN(Cc2cccc(Cl)c2)CC1. The molecule has 0 spiro atoms. The first-order chi connectivity index (χ1) is 11.1. The molecule has 0 radical (unpaired) electrons. The van der Waals surface area contributed by atoms with Crippen LogP contribution in [0.1, 0.15) is 31.2 Å². The fourth-order valence-electron chi connectivity index (χ4n) is 3.72. The van der Waals surface area contributed by atoms with Crippen molar-refractivity contribution in [2.45, 2.75) is 38.3 Å². The van der Waals surface area contributed by atoms with Crippen LogP contribution in [0.4, 0.5) is 0 Å². The highest BCUT2D eigenvalue weighted by Crippen LogP contribution is 2.27. The van der Waals surface area contributed by atoms with E-state index in [1.54, 1.807) is 0 Å². The zero-order valence-electron chi connectivity index (χ0n) is 13.6. The lowest BCUT2D eigenvalue weighted by Crippen LogP contribution is -2.49. The second kappa shape index (κ2) is 7.65. The van der Waals surface area contributed by atoms with Gasteiger partial charge in [0.25, 0.3) is 0 Å². The quantitative estimate of drug-likeness (QED) is 0.919. The average molecular weight is 336 g/mol. The molecule has 126 valence electrons. The van der Waals surface area contributed by atoms with E-state index in [4.69, 9.17) is 17.3 Å². The summed E-state index contributed by atoms with van der Waals surface area (Å²) in [5.41, 5.74) is 7.32. The maximum absolute atomic E-state index is 12.4. The highest BCUT2D eigenvalue weighted by atomic mass is 35.5. The first-order valence-electron chi connectivity index (χ1n) is 8.62. The molecule has 5 heteroatoms. The van der Waals surface area contributed by atoms with E-state index in [1.165, 1.54) is 12.0 Å². The van der Waals surface area contributed by atoms with E-state index in [9.17, 15) is 4.79 Å². The zero-order chi connectivity index (χ0) is 16.2. The van der Waals surface area contributed by atoms with Crippen molar-refractivity contribution in [1.82, 2.24) is 9.80 Å². The molecule has 23 heavy (non-hydrogen) atoms. The fraction of sp³-hybridized carbons (Fsp3) is 0.611. The predicted octanol–water partition coefficient (Wildman–Crippen LogP) is 2.50. The van der Waals surface area contributed by atoms with Gasteiger partial charge in [0.2, 0.25) is 5.91 Å².